The lowest BCUT2D eigenvalue weighted by atomic mass is 10.1. The van der Waals surface area contributed by atoms with Crippen molar-refractivity contribution in [3.63, 3.8) is 0 Å². The molecular formula is C10H13N3O2. The number of pyridine rings is 1. The van der Waals surface area contributed by atoms with Crippen LogP contribution in [0.2, 0.25) is 0 Å². The molecule has 80 valence electrons. The van der Waals surface area contributed by atoms with E-state index in [0.717, 1.165) is 4.57 Å². The van der Waals surface area contributed by atoms with Crippen LogP contribution in [0.1, 0.15) is 30.6 Å². The van der Waals surface area contributed by atoms with Crippen LogP contribution in [0.15, 0.2) is 10.9 Å². The summed E-state index contributed by atoms with van der Waals surface area (Å²) in [7, 11) is 0. The molecule has 1 aromatic rings. The molecule has 0 bridgehead atoms. The maximum absolute atomic E-state index is 11.5. The van der Waals surface area contributed by atoms with Gasteiger partial charge >= 0.3 is 0 Å². The van der Waals surface area contributed by atoms with Crippen LogP contribution < -0.4 is 11.3 Å². The summed E-state index contributed by atoms with van der Waals surface area (Å²) < 4.78 is 1.03. The lowest BCUT2D eigenvalue weighted by Crippen LogP contribution is -2.30. The number of aryl methyl sites for hydroxylation is 1. The third kappa shape index (κ3) is 1.85. The molecule has 0 aliphatic heterocycles. The van der Waals surface area contributed by atoms with Gasteiger partial charge in [0.25, 0.3) is 5.56 Å². The standard InChI is InChI=1S/C10H13N3O2/c1-3-8(12)13-9(14)4-6(2)7(5-11)10(13)15/h4,8,15H,3,12H2,1-2H3. The van der Waals surface area contributed by atoms with Crippen molar-refractivity contribution in [2.75, 3.05) is 0 Å². The fourth-order valence-electron chi connectivity index (χ4n) is 1.37. The molecule has 1 unspecified atom stereocenters. The zero-order valence-corrected chi connectivity index (χ0v) is 8.69. The Bertz CT molecular complexity index is 471. The van der Waals surface area contributed by atoms with Gasteiger partial charge in [0, 0.05) is 6.07 Å². The molecule has 0 aliphatic carbocycles. The summed E-state index contributed by atoms with van der Waals surface area (Å²) in [6, 6.07) is 3.14. The summed E-state index contributed by atoms with van der Waals surface area (Å²) >= 11 is 0. The van der Waals surface area contributed by atoms with E-state index >= 15 is 0 Å². The maximum Gasteiger partial charge on any atom is 0.254 e. The molecule has 5 heteroatoms. The van der Waals surface area contributed by atoms with E-state index in [-0.39, 0.29) is 11.4 Å². The molecule has 1 heterocycles. The van der Waals surface area contributed by atoms with Gasteiger partial charge in [-0.1, -0.05) is 6.92 Å². The van der Waals surface area contributed by atoms with Crippen molar-refractivity contribution >= 4 is 0 Å². The second kappa shape index (κ2) is 4.15. The largest absolute Gasteiger partial charge is 0.493 e. The summed E-state index contributed by atoms with van der Waals surface area (Å²) in [6.07, 6.45) is -0.105. The normalized spacial score (nSPS) is 12.1. The molecule has 0 saturated heterocycles. The van der Waals surface area contributed by atoms with Crippen molar-refractivity contribution in [1.29, 1.82) is 5.26 Å². The van der Waals surface area contributed by atoms with Crippen LogP contribution in [0.4, 0.5) is 0 Å². The zero-order valence-electron chi connectivity index (χ0n) is 8.69. The fraction of sp³-hybridized carbons (Fsp3) is 0.400. The first kappa shape index (κ1) is 11.3. The number of hydrogen-bond acceptors (Lipinski definition) is 4. The number of nitrogens with zero attached hydrogens (tertiary/aromatic N) is 2. The first-order valence-corrected chi connectivity index (χ1v) is 4.63. The second-order valence-corrected chi connectivity index (χ2v) is 3.32. The Morgan fingerprint density at radius 1 is 1.73 bits per heavy atom. The lowest BCUT2D eigenvalue weighted by Gasteiger charge is -2.16. The van der Waals surface area contributed by atoms with Crippen LogP contribution in [0, 0.1) is 18.3 Å². The van der Waals surface area contributed by atoms with Crippen LogP contribution in [0.5, 0.6) is 5.88 Å². The fourth-order valence-corrected chi connectivity index (χ4v) is 1.37. The molecule has 15 heavy (non-hydrogen) atoms. The molecule has 0 radical (unpaired) electrons. The van der Waals surface area contributed by atoms with Gasteiger partial charge in [-0.2, -0.15) is 5.26 Å². The van der Waals surface area contributed by atoms with Gasteiger partial charge in [0.15, 0.2) is 0 Å². The number of rotatable bonds is 2. The first-order chi connectivity index (χ1) is 7.02. The molecule has 0 aliphatic rings. The Morgan fingerprint density at radius 3 is 2.80 bits per heavy atom. The minimum Gasteiger partial charge on any atom is -0.493 e. The van der Waals surface area contributed by atoms with Crippen LogP contribution in [0.3, 0.4) is 0 Å². The van der Waals surface area contributed by atoms with Crippen molar-refractivity contribution in [3.8, 4) is 11.9 Å². The molecule has 5 nitrogen and oxygen atoms in total. The van der Waals surface area contributed by atoms with Crippen LogP contribution in [-0.4, -0.2) is 9.67 Å². The Hall–Kier alpha value is -1.80. The number of nitriles is 1. The predicted molar refractivity (Wildman–Crippen MR) is 55.3 cm³/mol. The molecular weight excluding hydrogens is 194 g/mol. The van der Waals surface area contributed by atoms with Crippen molar-refractivity contribution in [2.45, 2.75) is 26.4 Å². The maximum atomic E-state index is 11.5. The van der Waals surface area contributed by atoms with Gasteiger partial charge in [0.1, 0.15) is 11.6 Å². The Morgan fingerprint density at radius 2 is 2.33 bits per heavy atom. The minimum absolute atomic E-state index is 0.0958. The van der Waals surface area contributed by atoms with Gasteiger partial charge in [0.05, 0.1) is 6.17 Å². The van der Waals surface area contributed by atoms with E-state index < -0.39 is 11.7 Å². The first-order valence-electron chi connectivity index (χ1n) is 4.63. The summed E-state index contributed by atoms with van der Waals surface area (Å²) in [5, 5.41) is 18.5. The zero-order chi connectivity index (χ0) is 11.6. The van der Waals surface area contributed by atoms with Crippen molar-refractivity contribution < 1.29 is 5.11 Å². The molecule has 0 saturated carbocycles. The van der Waals surface area contributed by atoms with Gasteiger partial charge < -0.3 is 10.8 Å². The van der Waals surface area contributed by atoms with Crippen molar-refractivity contribution in [2.24, 2.45) is 5.73 Å². The molecule has 0 spiro atoms. The van der Waals surface area contributed by atoms with E-state index in [1.54, 1.807) is 13.8 Å². The number of nitrogens with two attached hydrogens (primary N) is 1. The summed E-state index contributed by atoms with van der Waals surface area (Å²) in [5.41, 5.74) is 5.83. The molecule has 1 atom stereocenters. The van der Waals surface area contributed by atoms with Crippen molar-refractivity contribution in [3.05, 3.63) is 27.5 Å². The van der Waals surface area contributed by atoms with E-state index in [4.69, 9.17) is 11.0 Å². The van der Waals surface area contributed by atoms with Crippen LogP contribution >= 0.6 is 0 Å². The quantitative estimate of drug-likeness (QED) is 0.742. The molecule has 1 aromatic heterocycles. The van der Waals surface area contributed by atoms with E-state index in [1.807, 2.05) is 6.07 Å². The molecule has 0 fully saturated rings. The molecule has 0 amide bonds. The highest BCUT2D eigenvalue weighted by Gasteiger charge is 2.15. The number of hydrogen-bond donors (Lipinski definition) is 2. The molecule has 0 aromatic carbocycles. The van der Waals surface area contributed by atoms with E-state index in [9.17, 15) is 9.90 Å². The third-order valence-corrected chi connectivity index (χ3v) is 2.29. The van der Waals surface area contributed by atoms with E-state index in [1.165, 1.54) is 6.07 Å². The minimum atomic E-state index is -0.606. The summed E-state index contributed by atoms with van der Waals surface area (Å²) in [6.45, 7) is 3.39. The average molecular weight is 207 g/mol. The van der Waals surface area contributed by atoms with Gasteiger partial charge in [-0.15, -0.1) is 0 Å². The van der Waals surface area contributed by atoms with Gasteiger partial charge in [-0.25, -0.2) is 0 Å². The van der Waals surface area contributed by atoms with Gasteiger partial charge in [0.2, 0.25) is 5.88 Å². The van der Waals surface area contributed by atoms with Gasteiger partial charge in [-0.05, 0) is 18.9 Å². The molecule has 1 rings (SSSR count). The number of aromatic hydroxyl groups is 1. The topological polar surface area (TPSA) is 92.0 Å². The number of aromatic nitrogens is 1. The Kier molecular flexibility index (Phi) is 3.12. The highest BCUT2D eigenvalue weighted by atomic mass is 16.3. The third-order valence-electron chi connectivity index (χ3n) is 2.29. The Labute approximate surface area is 87.4 Å². The summed E-state index contributed by atoms with van der Waals surface area (Å²) in [4.78, 5) is 11.5. The second-order valence-electron chi connectivity index (χ2n) is 3.32. The lowest BCUT2D eigenvalue weighted by molar-refractivity contribution is 0.364. The van der Waals surface area contributed by atoms with E-state index in [0.29, 0.717) is 12.0 Å². The predicted octanol–water partition coefficient (Wildman–Crippen LogP) is 0.601. The van der Waals surface area contributed by atoms with Gasteiger partial charge in [-0.3, -0.25) is 9.36 Å². The van der Waals surface area contributed by atoms with Crippen molar-refractivity contribution in [1.82, 2.24) is 4.57 Å². The van der Waals surface area contributed by atoms with Crippen LogP contribution in [0.25, 0.3) is 0 Å². The van der Waals surface area contributed by atoms with E-state index in [2.05, 4.69) is 0 Å². The summed E-state index contributed by atoms with van der Waals surface area (Å²) in [5.74, 6) is -0.350. The highest BCUT2D eigenvalue weighted by Crippen LogP contribution is 2.20. The molecule has 3 N–H and O–H groups in total. The van der Waals surface area contributed by atoms with Crippen LogP contribution in [-0.2, 0) is 0 Å². The monoisotopic (exact) mass is 207 g/mol. The highest BCUT2D eigenvalue weighted by molar-refractivity contribution is 5.43. The Balaban J connectivity index is 3.55. The average Bonchev–Trinajstić information content (AvgIpc) is 2.17. The SMILES string of the molecule is CCC(N)n1c(O)c(C#N)c(C)cc1=O. The smallest absolute Gasteiger partial charge is 0.254 e.